The average Bonchev–Trinajstić information content (AvgIpc) is 3.00. The van der Waals surface area contributed by atoms with Crippen LogP contribution < -0.4 is 10.1 Å². The number of nitrogens with zero attached hydrogens (tertiary/aromatic N) is 2. The lowest BCUT2D eigenvalue weighted by atomic mass is 10.2. The van der Waals surface area contributed by atoms with Gasteiger partial charge < -0.3 is 10.1 Å². The topological polar surface area (TPSA) is 71.9 Å². The van der Waals surface area contributed by atoms with Crippen molar-refractivity contribution in [1.82, 2.24) is 14.8 Å². The van der Waals surface area contributed by atoms with Crippen LogP contribution in [0.1, 0.15) is 6.42 Å². The third-order valence-electron chi connectivity index (χ3n) is 3.82. The highest BCUT2D eigenvalue weighted by molar-refractivity contribution is 7.71. The van der Waals surface area contributed by atoms with E-state index in [1.165, 1.54) is 0 Å². The van der Waals surface area contributed by atoms with E-state index in [4.69, 9.17) is 17.0 Å². The van der Waals surface area contributed by atoms with Crippen molar-refractivity contribution in [3.8, 4) is 17.1 Å². The molecule has 6 nitrogen and oxygen atoms in total. The Bertz CT molecular complexity index is 995. The Kier molecular flexibility index (Phi) is 5.60. The van der Waals surface area contributed by atoms with Gasteiger partial charge in [-0.05, 0) is 48.6 Å². The maximum absolute atomic E-state index is 13.2. The summed E-state index contributed by atoms with van der Waals surface area (Å²) in [6.45, 7) is 0.250. The van der Waals surface area contributed by atoms with E-state index >= 15 is 0 Å². The minimum Gasteiger partial charge on any atom is -0.497 e. The number of rotatable bonds is 6. The predicted molar refractivity (Wildman–Crippen MR) is 99.0 cm³/mol. The summed E-state index contributed by atoms with van der Waals surface area (Å²) in [5.41, 5.74) is 0.861. The fourth-order valence-electron chi connectivity index (χ4n) is 2.55. The van der Waals surface area contributed by atoms with E-state index in [0.29, 0.717) is 16.3 Å². The molecule has 0 saturated carbocycles. The zero-order chi connectivity index (χ0) is 19.4. The Balaban J connectivity index is 1.71. The van der Waals surface area contributed by atoms with E-state index in [1.807, 2.05) is 12.1 Å². The summed E-state index contributed by atoms with van der Waals surface area (Å²) in [7, 11) is 1.58. The molecule has 0 aliphatic heterocycles. The number of carbonyl (C=O) groups excluding carboxylic acids is 1. The van der Waals surface area contributed by atoms with Crippen LogP contribution in [-0.4, -0.2) is 27.8 Å². The third-order valence-corrected chi connectivity index (χ3v) is 4.13. The third kappa shape index (κ3) is 4.56. The van der Waals surface area contributed by atoms with Gasteiger partial charge in [-0.3, -0.25) is 14.5 Å². The average molecular weight is 390 g/mol. The van der Waals surface area contributed by atoms with Crippen LogP contribution in [0.2, 0.25) is 0 Å². The Morgan fingerprint density at radius 2 is 1.89 bits per heavy atom. The van der Waals surface area contributed by atoms with Gasteiger partial charge in [-0.25, -0.2) is 8.78 Å². The van der Waals surface area contributed by atoms with Gasteiger partial charge in [-0.2, -0.15) is 5.10 Å². The van der Waals surface area contributed by atoms with Crippen molar-refractivity contribution in [3.05, 3.63) is 58.9 Å². The van der Waals surface area contributed by atoms with Crippen LogP contribution in [0.3, 0.4) is 0 Å². The molecular weight excluding hydrogens is 374 g/mol. The van der Waals surface area contributed by atoms with Crippen LogP contribution in [-0.2, 0) is 11.3 Å². The van der Waals surface area contributed by atoms with Crippen molar-refractivity contribution in [3.63, 3.8) is 0 Å². The first-order valence-corrected chi connectivity index (χ1v) is 8.42. The van der Waals surface area contributed by atoms with Gasteiger partial charge in [0.1, 0.15) is 17.4 Å². The first-order chi connectivity index (χ1) is 13.0. The van der Waals surface area contributed by atoms with Gasteiger partial charge in [-0.15, -0.1) is 0 Å². The fourth-order valence-corrected chi connectivity index (χ4v) is 2.77. The Labute approximate surface area is 158 Å². The van der Waals surface area contributed by atoms with E-state index < -0.39 is 17.5 Å². The van der Waals surface area contributed by atoms with E-state index in [-0.39, 0.29) is 18.7 Å². The molecule has 2 aromatic carbocycles. The van der Waals surface area contributed by atoms with Crippen LogP contribution >= 0.6 is 12.2 Å². The lowest BCUT2D eigenvalue weighted by molar-refractivity contribution is -0.116. The van der Waals surface area contributed by atoms with Crippen LogP contribution in [0.25, 0.3) is 11.4 Å². The van der Waals surface area contributed by atoms with E-state index in [9.17, 15) is 13.6 Å². The monoisotopic (exact) mass is 390 g/mol. The molecule has 9 heteroatoms. The lowest BCUT2D eigenvalue weighted by Crippen LogP contribution is -2.15. The summed E-state index contributed by atoms with van der Waals surface area (Å²) >= 11 is 5.23. The molecule has 0 bridgehead atoms. The number of hydrogen-bond acceptors (Lipinski definition) is 4. The van der Waals surface area contributed by atoms with Crippen LogP contribution in [0, 0.1) is 16.4 Å². The van der Waals surface area contributed by atoms with Crippen LogP contribution in [0.4, 0.5) is 14.5 Å². The molecule has 0 radical (unpaired) electrons. The maximum Gasteiger partial charge on any atom is 0.226 e. The highest BCUT2D eigenvalue weighted by Gasteiger charge is 2.12. The summed E-state index contributed by atoms with van der Waals surface area (Å²) in [5.74, 6) is -0.634. The second-order valence-electron chi connectivity index (χ2n) is 5.69. The van der Waals surface area contributed by atoms with E-state index in [2.05, 4.69) is 15.5 Å². The Hall–Kier alpha value is -3.07. The predicted octanol–water partition coefficient (Wildman–Crippen LogP) is 3.92. The number of nitrogens with one attached hydrogen (secondary N) is 2. The molecule has 1 amide bonds. The maximum atomic E-state index is 13.2. The second kappa shape index (κ2) is 8.09. The molecule has 0 fully saturated rings. The molecule has 0 atom stereocenters. The molecule has 3 aromatic rings. The Morgan fingerprint density at radius 1 is 1.22 bits per heavy atom. The number of carbonyl (C=O) groups is 1. The van der Waals surface area contributed by atoms with Gasteiger partial charge in [0.2, 0.25) is 5.91 Å². The number of aromatic amines is 1. The molecule has 0 unspecified atom stereocenters. The van der Waals surface area contributed by atoms with Gasteiger partial charge in [0.25, 0.3) is 0 Å². The lowest BCUT2D eigenvalue weighted by Gasteiger charge is -2.09. The molecule has 0 saturated heterocycles. The number of amides is 1. The minimum absolute atomic E-state index is 0.0507. The fraction of sp³-hybridized carbons (Fsp3) is 0.167. The highest BCUT2D eigenvalue weighted by Crippen LogP contribution is 2.21. The Morgan fingerprint density at radius 3 is 2.52 bits per heavy atom. The molecule has 0 aliphatic carbocycles. The molecule has 1 aromatic heterocycles. The van der Waals surface area contributed by atoms with Gasteiger partial charge in [0.15, 0.2) is 10.6 Å². The molecule has 27 heavy (non-hydrogen) atoms. The largest absolute Gasteiger partial charge is 0.497 e. The number of hydrogen-bond donors (Lipinski definition) is 2. The normalized spacial score (nSPS) is 10.6. The van der Waals surface area contributed by atoms with Crippen molar-refractivity contribution in [2.75, 3.05) is 12.4 Å². The quantitative estimate of drug-likeness (QED) is 0.626. The standard InChI is InChI=1S/C18H16F2N4O2S/c1-26-15-4-2-11(3-5-15)17-22-23-18(27)24(17)7-6-16(25)21-14-9-12(19)8-13(20)10-14/h2-5,8-10H,6-7H2,1H3,(H,21,25)(H,23,27). The molecule has 3 rings (SSSR count). The molecule has 140 valence electrons. The van der Waals surface area contributed by atoms with Crippen molar-refractivity contribution < 1.29 is 18.3 Å². The van der Waals surface area contributed by atoms with Crippen molar-refractivity contribution in [1.29, 1.82) is 0 Å². The number of methoxy groups -OCH3 is 1. The number of H-pyrrole nitrogens is 1. The summed E-state index contributed by atoms with van der Waals surface area (Å²) in [4.78, 5) is 12.1. The van der Waals surface area contributed by atoms with Gasteiger partial charge in [-0.1, -0.05) is 0 Å². The summed E-state index contributed by atoms with van der Waals surface area (Å²) in [6, 6.07) is 10.1. The summed E-state index contributed by atoms with van der Waals surface area (Å²) in [6.07, 6.45) is 0.0507. The number of halogens is 2. The summed E-state index contributed by atoms with van der Waals surface area (Å²) < 4.78 is 33.6. The smallest absolute Gasteiger partial charge is 0.226 e. The van der Waals surface area contributed by atoms with E-state index in [1.54, 1.807) is 23.8 Å². The first-order valence-electron chi connectivity index (χ1n) is 8.02. The van der Waals surface area contributed by atoms with Crippen LogP contribution in [0.5, 0.6) is 5.75 Å². The van der Waals surface area contributed by atoms with Crippen LogP contribution in [0.15, 0.2) is 42.5 Å². The highest BCUT2D eigenvalue weighted by atomic mass is 32.1. The minimum atomic E-state index is -0.760. The van der Waals surface area contributed by atoms with Gasteiger partial charge in [0.05, 0.1) is 7.11 Å². The number of aromatic nitrogens is 3. The van der Waals surface area contributed by atoms with E-state index in [0.717, 1.165) is 23.8 Å². The first kappa shape index (κ1) is 18.7. The number of benzene rings is 2. The molecule has 0 aliphatic rings. The van der Waals surface area contributed by atoms with Gasteiger partial charge >= 0.3 is 0 Å². The number of anilines is 1. The second-order valence-corrected chi connectivity index (χ2v) is 6.08. The summed E-state index contributed by atoms with van der Waals surface area (Å²) in [5, 5.41) is 9.37. The molecule has 1 heterocycles. The molecule has 0 spiro atoms. The van der Waals surface area contributed by atoms with Crippen molar-refractivity contribution >= 4 is 23.8 Å². The zero-order valence-corrected chi connectivity index (χ0v) is 15.1. The molecule has 2 N–H and O–H groups in total. The van der Waals surface area contributed by atoms with Gasteiger partial charge in [0, 0.05) is 30.3 Å². The number of ether oxygens (including phenoxy) is 1. The molecular formula is C18H16F2N4O2S. The van der Waals surface area contributed by atoms with Crippen molar-refractivity contribution in [2.45, 2.75) is 13.0 Å². The SMILES string of the molecule is COc1ccc(-c2n[nH]c(=S)n2CCC(=O)Nc2cc(F)cc(F)c2)cc1. The van der Waals surface area contributed by atoms with Crippen molar-refractivity contribution in [2.24, 2.45) is 0 Å². The zero-order valence-electron chi connectivity index (χ0n) is 14.3.